The highest BCUT2D eigenvalue weighted by Gasteiger charge is 2.10. The summed E-state index contributed by atoms with van der Waals surface area (Å²) in [7, 11) is 0. The maximum absolute atomic E-state index is 6.11. The molecule has 19 heavy (non-hydrogen) atoms. The van der Waals surface area contributed by atoms with Crippen LogP contribution < -0.4 is 11.1 Å². The second-order valence-corrected chi connectivity index (χ2v) is 5.01. The van der Waals surface area contributed by atoms with Crippen LogP contribution in [0, 0.1) is 6.92 Å². The van der Waals surface area contributed by atoms with Gasteiger partial charge in [0.1, 0.15) is 10.8 Å². The molecule has 3 nitrogen and oxygen atoms in total. The monoisotopic (exact) mass is 291 g/mol. The van der Waals surface area contributed by atoms with E-state index < -0.39 is 0 Å². The number of halogens is 1. The molecule has 0 aliphatic heterocycles. The van der Waals surface area contributed by atoms with Gasteiger partial charge in [0.2, 0.25) is 0 Å². The minimum atomic E-state index is 0.340. The van der Waals surface area contributed by atoms with Crippen LogP contribution >= 0.6 is 23.8 Å². The fourth-order valence-electron chi connectivity index (χ4n) is 1.82. The normalized spacial score (nSPS) is 10.2. The average molecular weight is 292 g/mol. The lowest BCUT2D eigenvalue weighted by molar-refractivity contribution is 1.10. The largest absolute Gasteiger partial charge is 0.389 e. The Labute approximate surface area is 122 Å². The molecule has 0 radical (unpaired) electrons. The van der Waals surface area contributed by atoms with E-state index >= 15 is 0 Å². The van der Waals surface area contributed by atoms with Crippen molar-refractivity contribution in [3.05, 3.63) is 58.2 Å². The van der Waals surface area contributed by atoms with E-state index in [1.54, 1.807) is 6.20 Å². The van der Waals surface area contributed by atoms with Crippen molar-refractivity contribution in [3.8, 4) is 0 Å². The highest BCUT2D eigenvalue weighted by Crippen LogP contribution is 2.20. The fraction of sp³-hybridized carbons (Fsp3) is 0.143. The zero-order valence-corrected chi connectivity index (χ0v) is 12.1. The lowest BCUT2D eigenvalue weighted by atomic mass is 10.1. The number of hydrogen-bond donors (Lipinski definition) is 2. The number of pyridine rings is 1. The summed E-state index contributed by atoms with van der Waals surface area (Å²) in [6.45, 7) is 2.53. The van der Waals surface area contributed by atoms with Crippen molar-refractivity contribution in [1.82, 2.24) is 4.98 Å². The van der Waals surface area contributed by atoms with Gasteiger partial charge in [-0.2, -0.15) is 0 Å². The van der Waals surface area contributed by atoms with Gasteiger partial charge < -0.3 is 11.1 Å². The van der Waals surface area contributed by atoms with Gasteiger partial charge in [0.15, 0.2) is 0 Å². The van der Waals surface area contributed by atoms with Gasteiger partial charge in [-0.1, -0.05) is 42.0 Å². The van der Waals surface area contributed by atoms with Crippen LogP contribution in [-0.2, 0) is 6.54 Å². The van der Waals surface area contributed by atoms with E-state index in [4.69, 9.17) is 29.6 Å². The van der Waals surface area contributed by atoms with Crippen LogP contribution in [0.1, 0.15) is 16.7 Å². The molecule has 0 fully saturated rings. The number of aryl methyl sites for hydroxylation is 1. The molecule has 1 aromatic carbocycles. The molecule has 1 heterocycles. The second-order valence-electron chi connectivity index (χ2n) is 4.16. The third-order valence-electron chi connectivity index (χ3n) is 2.81. The molecule has 2 rings (SSSR count). The predicted octanol–water partition coefficient (Wildman–Crippen LogP) is 3.29. The van der Waals surface area contributed by atoms with Gasteiger partial charge in [-0.05, 0) is 30.2 Å². The molecule has 0 amide bonds. The van der Waals surface area contributed by atoms with Gasteiger partial charge in [0, 0.05) is 17.8 Å². The zero-order valence-electron chi connectivity index (χ0n) is 10.5. The summed E-state index contributed by atoms with van der Waals surface area (Å²) in [6.07, 6.45) is 1.73. The molecule has 0 unspecified atom stereocenters. The molecule has 0 spiro atoms. The topological polar surface area (TPSA) is 50.9 Å². The van der Waals surface area contributed by atoms with Gasteiger partial charge in [-0.3, -0.25) is 0 Å². The van der Waals surface area contributed by atoms with E-state index in [1.807, 2.05) is 37.3 Å². The Bertz CT molecular complexity index is 613. The Kier molecular flexibility index (Phi) is 4.35. The predicted molar refractivity (Wildman–Crippen MR) is 83.6 cm³/mol. The van der Waals surface area contributed by atoms with Crippen LogP contribution in [0.25, 0.3) is 0 Å². The van der Waals surface area contributed by atoms with Crippen LogP contribution in [0.4, 0.5) is 5.82 Å². The molecular weight excluding hydrogens is 278 g/mol. The van der Waals surface area contributed by atoms with E-state index in [-0.39, 0.29) is 0 Å². The molecule has 0 saturated heterocycles. The number of nitrogens with two attached hydrogens (primary N) is 1. The minimum absolute atomic E-state index is 0.340. The van der Waals surface area contributed by atoms with Crippen LogP contribution in [0.15, 0.2) is 36.5 Å². The van der Waals surface area contributed by atoms with Gasteiger partial charge in [-0.25, -0.2) is 4.98 Å². The summed E-state index contributed by atoms with van der Waals surface area (Å²) in [5.41, 5.74) is 8.53. The third-order valence-corrected chi connectivity index (χ3v) is 3.38. The van der Waals surface area contributed by atoms with E-state index in [1.165, 1.54) is 0 Å². The second kappa shape index (κ2) is 5.99. The average Bonchev–Trinajstić information content (AvgIpc) is 2.37. The molecule has 0 aliphatic rings. The molecule has 0 saturated carbocycles. The Morgan fingerprint density at radius 1 is 1.37 bits per heavy atom. The molecule has 0 atom stereocenters. The number of rotatable bonds is 4. The summed E-state index contributed by atoms with van der Waals surface area (Å²) < 4.78 is 0. The zero-order chi connectivity index (χ0) is 13.8. The number of anilines is 1. The first-order valence-corrected chi connectivity index (χ1v) is 6.61. The maximum Gasteiger partial charge on any atom is 0.136 e. The van der Waals surface area contributed by atoms with Gasteiger partial charge in [0.25, 0.3) is 0 Å². The Morgan fingerprint density at radius 3 is 2.79 bits per heavy atom. The van der Waals surface area contributed by atoms with E-state index in [0.717, 1.165) is 21.7 Å². The Balaban J connectivity index is 2.23. The van der Waals surface area contributed by atoms with Crippen molar-refractivity contribution in [1.29, 1.82) is 0 Å². The Hall–Kier alpha value is -1.65. The van der Waals surface area contributed by atoms with Crippen LogP contribution in [-0.4, -0.2) is 9.97 Å². The van der Waals surface area contributed by atoms with Gasteiger partial charge in [0.05, 0.1) is 5.56 Å². The SMILES string of the molecule is Cc1ccnc(NCc2ccccc2Cl)c1C(N)=S. The van der Waals surface area contributed by atoms with E-state index in [9.17, 15) is 0 Å². The van der Waals surface area contributed by atoms with Crippen molar-refractivity contribution >= 4 is 34.6 Å². The van der Waals surface area contributed by atoms with E-state index in [2.05, 4.69) is 10.3 Å². The van der Waals surface area contributed by atoms with Crippen molar-refractivity contribution in [2.24, 2.45) is 5.73 Å². The van der Waals surface area contributed by atoms with Crippen LogP contribution in [0.3, 0.4) is 0 Å². The first kappa shape index (κ1) is 13.8. The van der Waals surface area contributed by atoms with Crippen LogP contribution in [0.2, 0.25) is 5.02 Å². The molecular formula is C14H14ClN3S. The van der Waals surface area contributed by atoms with E-state index in [0.29, 0.717) is 17.4 Å². The summed E-state index contributed by atoms with van der Waals surface area (Å²) in [6, 6.07) is 9.55. The summed E-state index contributed by atoms with van der Waals surface area (Å²) in [5, 5.41) is 3.95. The number of thiocarbonyl (C=S) groups is 1. The summed E-state index contributed by atoms with van der Waals surface area (Å²) >= 11 is 11.2. The lowest BCUT2D eigenvalue weighted by Crippen LogP contribution is -2.16. The van der Waals surface area contributed by atoms with Gasteiger partial charge in [-0.15, -0.1) is 0 Å². The van der Waals surface area contributed by atoms with Gasteiger partial charge >= 0.3 is 0 Å². The highest BCUT2D eigenvalue weighted by molar-refractivity contribution is 7.80. The van der Waals surface area contributed by atoms with Crippen molar-refractivity contribution in [2.75, 3.05) is 5.32 Å². The van der Waals surface area contributed by atoms with Crippen LogP contribution in [0.5, 0.6) is 0 Å². The lowest BCUT2D eigenvalue weighted by Gasteiger charge is -2.12. The smallest absolute Gasteiger partial charge is 0.136 e. The number of nitrogens with zero attached hydrogens (tertiary/aromatic N) is 1. The molecule has 5 heteroatoms. The standard InChI is InChI=1S/C14H14ClN3S/c1-9-6-7-17-14(12(9)13(16)19)18-8-10-4-2-3-5-11(10)15/h2-7H,8H2,1H3,(H2,16,19)(H,17,18). The first-order valence-electron chi connectivity index (χ1n) is 5.82. The molecule has 98 valence electrons. The number of nitrogens with one attached hydrogen (secondary N) is 1. The fourth-order valence-corrected chi connectivity index (χ4v) is 2.28. The maximum atomic E-state index is 6.11. The Morgan fingerprint density at radius 2 is 2.11 bits per heavy atom. The van der Waals surface area contributed by atoms with Crippen molar-refractivity contribution in [3.63, 3.8) is 0 Å². The quantitative estimate of drug-likeness (QED) is 0.849. The first-order chi connectivity index (χ1) is 9.09. The molecule has 1 aromatic heterocycles. The molecule has 0 aliphatic carbocycles. The molecule has 0 bridgehead atoms. The van der Waals surface area contributed by atoms with Crippen molar-refractivity contribution in [2.45, 2.75) is 13.5 Å². The number of hydrogen-bond acceptors (Lipinski definition) is 3. The third kappa shape index (κ3) is 3.22. The number of aromatic nitrogens is 1. The summed E-state index contributed by atoms with van der Waals surface area (Å²) in [4.78, 5) is 4.62. The molecule has 3 N–H and O–H groups in total. The minimum Gasteiger partial charge on any atom is -0.389 e. The number of benzene rings is 1. The van der Waals surface area contributed by atoms with Crippen molar-refractivity contribution < 1.29 is 0 Å². The highest BCUT2D eigenvalue weighted by atomic mass is 35.5. The molecule has 2 aromatic rings. The summed E-state index contributed by atoms with van der Waals surface area (Å²) in [5.74, 6) is 0.687.